The summed E-state index contributed by atoms with van der Waals surface area (Å²) in [7, 11) is 6.72. The monoisotopic (exact) mass is 1140 g/mol. The number of rotatable bonds is 10. The molecular formula is C75H93N7O3. The number of fused-ring (bicyclic) bond motifs is 6. The van der Waals surface area contributed by atoms with Crippen LogP contribution >= 0.6 is 0 Å². The smallest absolute Gasteiger partial charge is 0.282 e. The molecule has 8 aromatic rings. The maximum Gasteiger partial charge on any atom is 0.282 e. The molecule has 1 unspecified atom stereocenters. The van der Waals surface area contributed by atoms with Crippen LogP contribution in [0.2, 0.25) is 0 Å². The summed E-state index contributed by atoms with van der Waals surface area (Å²) in [5.41, 5.74) is 13.5. The fourth-order valence-electron chi connectivity index (χ4n) is 14.8. The number of nitrogens with zero attached hydrogens (tertiary/aromatic N) is 6. The van der Waals surface area contributed by atoms with Gasteiger partial charge in [-0.05, 0) is 85.5 Å². The van der Waals surface area contributed by atoms with Crippen molar-refractivity contribution in [3.63, 3.8) is 0 Å². The molecule has 12 rings (SSSR count). The van der Waals surface area contributed by atoms with Crippen LogP contribution in [0.15, 0.2) is 194 Å². The lowest BCUT2D eigenvalue weighted by atomic mass is 9.46. The number of hydrogen-bond acceptors (Lipinski definition) is 6. The average molecular weight is 1140 g/mol. The molecule has 0 amide bonds. The molecule has 4 aliphatic carbocycles. The van der Waals surface area contributed by atoms with Crippen molar-refractivity contribution in [2.24, 2.45) is 36.8 Å². The third-order valence-electron chi connectivity index (χ3n) is 17.9. The highest BCUT2D eigenvalue weighted by atomic mass is 16.5. The molecule has 2 N–H and O–H groups in total. The predicted molar refractivity (Wildman–Crippen MR) is 352 cm³/mol. The molecule has 4 aliphatic rings. The van der Waals surface area contributed by atoms with Crippen LogP contribution in [0, 0.1) is 35.8 Å². The van der Waals surface area contributed by atoms with Gasteiger partial charge in [0.15, 0.2) is 5.78 Å². The third-order valence-corrected chi connectivity index (χ3v) is 17.9. The molecule has 0 saturated heterocycles. The van der Waals surface area contributed by atoms with Crippen LogP contribution < -0.4 is 5.48 Å². The second-order valence-corrected chi connectivity index (χ2v) is 22.6. The van der Waals surface area contributed by atoms with E-state index >= 15 is 0 Å². The molecule has 2 heterocycles. The Morgan fingerprint density at radius 2 is 0.906 bits per heavy atom. The van der Waals surface area contributed by atoms with Gasteiger partial charge < -0.3 is 14.8 Å². The summed E-state index contributed by atoms with van der Waals surface area (Å²) >= 11 is 0. The molecule has 85 heavy (non-hydrogen) atoms. The molecule has 5 atom stereocenters. The van der Waals surface area contributed by atoms with Crippen molar-refractivity contribution in [3.8, 4) is 22.5 Å². The Morgan fingerprint density at radius 1 is 0.565 bits per heavy atom. The zero-order valence-corrected chi connectivity index (χ0v) is 46.9. The molecule has 0 aliphatic heterocycles. The number of aryl methyl sites for hydroxylation is 2. The molecule has 446 valence electrons. The number of carbonyl (C=O) groups is 2. The Labute approximate surface area is 511 Å². The molecule has 10 nitrogen and oxygen atoms in total. The summed E-state index contributed by atoms with van der Waals surface area (Å²) in [4.78, 5) is 36.6. The Hall–Kier alpha value is -8.28. The second-order valence-electron chi connectivity index (χ2n) is 22.6. The van der Waals surface area contributed by atoms with Crippen molar-refractivity contribution in [1.82, 2.24) is 25.0 Å². The molecule has 6 aromatic carbocycles. The van der Waals surface area contributed by atoms with Gasteiger partial charge in [0.05, 0.1) is 29.3 Å². The highest BCUT2D eigenvalue weighted by Crippen LogP contribution is 2.60. The molecule has 0 spiro atoms. The van der Waals surface area contributed by atoms with Crippen LogP contribution in [0.25, 0.3) is 32.2 Å². The van der Waals surface area contributed by atoms with Crippen LogP contribution in [-0.4, -0.2) is 49.4 Å². The van der Waals surface area contributed by atoms with Gasteiger partial charge in [-0.15, -0.1) is 0 Å². The zero-order chi connectivity index (χ0) is 57.4. The number of hydrogen-bond donors (Lipinski definition) is 2. The van der Waals surface area contributed by atoms with Gasteiger partial charge in [-0.1, -0.05) is 246 Å². The topological polar surface area (TPSA) is 111 Å². The normalized spacial score (nSPS) is 20.6. The van der Waals surface area contributed by atoms with Crippen LogP contribution in [0.4, 0.5) is 0 Å². The average Bonchev–Trinajstić information content (AvgIpc) is 1.22. The first kappa shape index (κ1) is 67.5. The maximum atomic E-state index is 14.5. The van der Waals surface area contributed by atoms with Crippen molar-refractivity contribution in [1.29, 1.82) is 0 Å². The standard InChI is InChI=1S/C34H33N3O.C34H31N3O.CH5NO.6CH4/c2*1-33-23-28(35-2)32(38)34(21-24-13-7-4-8-14-24,22-25-15-9-5-10-16-25)29(33)20-19-27-30(37(3)36-31(27)33)26-17-11-6-12-18-26;1-2-3;;;;;;/h4-18,28-29H,19-23H2,1,3H3;4-18,23,29H,19-22H2,1,3H3;2-3H,1H3;6*1H4/t28?,29-,33+;29-,33+;;;;;;;/m11......./s1/i;;;1T;;;;;. The minimum atomic E-state index is -0.742. The number of ketones is 2. The van der Waals surface area contributed by atoms with Crippen molar-refractivity contribution in [2.75, 3.05) is 7.05 Å². The fourth-order valence-corrected chi connectivity index (χ4v) is 14.8. The minimum absolute atomic E-state index is 0. The Morgan fingerprint density at radius 3 is 1.28 bits per heavy atom. The predicted octanol–water partition coefficient (Wildman–Crippen LogP) is 16.8. The lowest BCUT2D eigenvalue weighted by Crippen LogP contribution is -2.61. The van der Waals surface area contributed by atoms with E-state index in [9.17, 15) is 9.59 Å². The zero-order valence-electron chi connectivity index (χ0n) is 47.9. The van der Waals surface area contributed by atoms with E-state index in [4.69, 9.17) is 29.9 Å². The summed E-state index contributed by atoms with van der Waals surface area (Å²) in [6.07, 6.45) is 8.47. The maximum absolute atomic E-state index is 14.5. The van der Waals surface area contributed by atoms with E-state index in [2.05, 4.69) is 121 Å². The van der Waals surface area contributed by atoms with E-state index < -0.39 is 22.3 Å². The van der Waals surface area contributed by atoms with Gasteiger partial charge in [0, 0.05) is 72.8 Å². The fraction of sp³-hybridized carbons (Fsp3) is 0.360. The molecule has 0 bridgehead atoms. The Bertz CT molecular complexity index is 3490. The quantitative estimate of drug-likeness (QED) is 0.104. The summed E-state index contributed by atoms with van der Waals surface area (Å²) in [6, 6.07) is 61.5. The Kier molecular flexibility index (Phi) is 23.0. The van der Waals surface area contributed by atoms with Crippen molar-refractivity contribution in [3.05, 3.63) is 261 Å². The number of carbonyl (C=O) groups excluding carboxylic acids is 2. The summed E-state index contributed by atoms with van der Waals surface area (Å²) in [5, 5.41) is 17.6. The van der Waals surface area contributed by atoms with Crippen molar-refractivity contribution >= 4 is 11.6 Å². The lowest BCUT2D eigenvalue weighted by Gasteiger charge is -2.54. The molecule has 2 aromatic heterocycles. The van der Waals surface area contributed by atoms with Gasteiger partial charge in [0.2, 0.25) is 11.5 Å². The molecule has 0 radical (unpaired) electrons. The number of aromatic nitrogens is 4. The lowest BCUT2D eigenvalue weighted by molar-refractivity contribution is -0.141. The largest absolute Gasteiger partial charge is 0.317 e. The first-order valence-electron chi connectivity index (χ1n) is 28.6. The van der Waals surface area contributed by atoms with Gasteiger partial charge in [-0.25, -0.2) is 16.9 Å². The highest BCUT2D eigenvalue weighted by Gasteiger charge is 2.65. The second kappa shape index (κ2) is 29.0. The molecular weight excluding hydrogens is 1050 g/mol. The Balaban J connectivity index is 0.000000325. The number of benzene rings is 6. The number of allylic oxidation sites excluding steroid dienone is 2. The van der Waals surface area contributed by atoms with E-state index in [1.54, 1.807) is 5.48 Å². The molecule has 1 fully saturated rings. The van der Waals surface area contributed by atoms with E-state index in [0.717, 1.165) is 76.3 Å². The van der Waals surface area contributed by atoms with Gasteiger partial charge in [-0.3, -0.25) is 14.2 Å². The van der Waals surface area contributed by atoms with Gasteiger partial charge in [-0.2, -0.15) is 10.2 Å². The van der Waals surface area contributed by atoms with Crippen LogP contribution in [0.3, 0.4) is 0 Å². The van der Waals surface area contributed by atoms with E-state index in [-0.39, 0.29) is 71.6 Å². The summed E-state index contributed by atoms with van der Waals surface area (Å²) in [6.45, 7) is 20.6. The van der Waals surface area contributed by atoms with Crippen LogP contribution in [0.5, 0.6) is 0 Å². The molecule has 10 heteroatoms. The van der Waals surface area contributed by atoms with Crippen LogP contribution in [0.1, 0.15) is 124 Å². The van der Waals surface area contributed by atoms with Gasteiger partial charge >= 0.3 is 0 Å². The van der Waals surface area contributed by atoms with Crippen LogP contribution in [-0.2, 0) is 73.0 Å². The van der Waals surface area contributed by atoms with Gasteiger partial charge in [0.1, 0.15) is 0 Å². The highest BCUT2D eigenvalue weighted by molar-refractivity contribution is 6.03. The summed E-state index contributed by atoms with van der Waals surface area (Å²) in [5.74, 6) is 0.196. The summed E-state index contributed by atoms with van der Waals surface area (Å²) < 4.78 is 9.76. The first-order valence-corrected chi connectivity index (χ1v) is 27.6. The minimum Gasteiger partial charge on any atom is -0.317 e. The number of hydroxylamine groups is 1. The van der Waals surface area contributed by atoms with E-state index in [1.807, 2.05) is 114 Å². The SMILES string of the molecule is C.C.C.C.C.CNO.[3H]C.[C-]#[N+]C1=C[C@]2(C)c3nn(C)c(-c4ccccc4)c3CC[C@H]2C(Cc2ccccc2)(Cc2ccccc2)C1=O.[C-]#[N+]C1C[C@]2(C)c3nn(C)c(-c4ccccc4)c3CC[C@H]2C(Cc2ccccc2)(Cc2ccccc2)C1=O. The number of Topliss-reactive ketones (excluding diaryl/α,β-unsaturated/α-hetero) is 2. The van der Waals surface area contributed by atoms with E-state index in [1.165, 1.54) is 31.1 Å². The van der Waals surface area contributed by atoms with Crippen molar-refractivity contribution < 1.29 is 16.2 Å². The van der Waals surface area contributed by atoms with E-state index in [0.29, 0.717) is 32.1 Å². The number of nitrogens with one attached hydrogen (secondary N) is 1. The first-order chi connectivity index (χ1) is 39.3. The van der Waals surface area contributed by atoms with Gasteiger partial charge in [0.25, 0.3) is 6.04 Å². The third kappa shape index (κ3) is 12.7. The van der Waals surface area contributed by atoms with Crippen molar-refractivity contribution in [2.45, 2.75) is 133 Å². The molecule has 1 saturated carbocycles.